The van der Waals surface area contributed by atoms with Crippen molar-refractivity contribution >= 4 is 5.91 Å². The lowest BCUT2D eigenvalue weighted by atomic mass is 9.78. The minimum absolute atomic E-state index is 0.126. The first-order valence-electron chi connectivity index (χ1n) is 7.28. The molecule has 2 rings (SSSR count). The molecule has 1 spiro atoms. The molecule has 1 saturated heterocycles. The Balaban J connectivity index is 1.84. The van der Waals surface area contributed by atoms with E-state index in [1.807, 2.05) is 6.92 Å². The Bertz CT molecular complexity index is 282. The Hall–Kier alpha value is -0.610. The van der Waals surface area contributed by atoms with Crippen LogP contribution in [0.15, 0.2) is 0 Å². The second-order valence-corrected chi connectivity index (χ2v) is 6.02. The summed E-state index contributed by atoms with van der Waals surface area (Å²) in [7, 11) is 0. The molecule has 1 saturated carbocycles. The van der Waals surface area contributed by atoms with E-state index in [1.165, 1.54) is 32.1 Å². The Morgan fingerprint density at radius 2 is 2.17 bits per heavy atom. The smallest absolute Gasteiger partial charge is 0.218 e. The molecule has 1 aliphatic carbocycles. The van der Waals surface area contributed by atoms with Crippen LogP contribution in [-0.2, 0) is 9.53 Å². The zero-order valence-electron chi connectivity index (χ0n) is 11.4. The van der Waals surface area contributed by atoms with Crippen molar-refractivity contribution in [2.24, 2.45) is 5.73 Å². The third kappa shape index (κ3) is 3.69. The molecular weight excluding hydrogens is 228 g/mol. The maximum Gasteiger partial charge on any atom is 0.218 e. The molecule has 2 atom stereocenters. The second-order valence-electron chi connectivity index (χ2n) is 6.02. The van der Waals surface area contributed by atoms with Crippen molar-refractivity contribution in [3.63, 3.8) is 0 Å². The summed E-state index contributed by atoms with van der Waals surface area (Å²) >= 11 is 0. The van der Waals surface area contributed by atoms with Gasteiger partial charge < -0.3 is 15.8 Å². The SMILES string of the molecule is CC(CC(N)=O)NC1CCOC2(CCCCC2)C1. The van der Waals surface area contributed by atoms with Crippen molar-refractivity contribution in [2.45, 2.75) is 76.0 Å². The monoisotopic (exact) mass is 254 g/mol. The first-order chi connectivity index (χ1) is 8.60. The first-order valence-corrected chi connectivity index (χ1v) is 7.28. The molecule has 1 heterocycles. The lowest BCUT2D eigenvalue weighted by molar-refractivity contribution is -0.119. The number of nitrogens with one attached hydrogen (secondary N) is 1. The van der Waals surface area contributed by atoms with E-state index in [4.69, 9.17) is 10.5 Å². The Labute approximate surface area is 110 Å². The predicted molar refractivity (Wildman–Crippen MR) is 71.2 cm³/mol. The number of carbonyl (C=O) groups is 1. The van der Waals surface area contributed by atoms with Gasteiger partial charge in [0.2, 0.25) is 5.91 Å². The molecule has 4 heteroatoms. The van der Waals surface area contributed by atoms with Gasteiger partial charge in [-0.1, -0.05) is 19.3 Å². The van der Waals surface area contributed by atoms with Crippen molar-refractivity contribution in [3.05, 3.63) is 0 Å². The molecule has 4 nitrogen and oxygen atoms in total. The summed E-state index contributed by atoms with van der Waals surface area (Å²) in [6, 6.07) is 0.650. The quantitative estimate of drug-likeness (QED) is 0.803. The fraction of sp³-hybridized carbons (Fsp3) is 0.929. The molecule has 1 aliphatic heterocycles. The summed E-state index contributed by atoms with van der Waals surface area (Å²) < 4.78 is 6.07. The number of rotatable bonds is 4. The van der Waals surface area contributed by atoms with Gasteiger partial charge in [-0.3, -0.25) is 4.79 Å². The van der Waals surface area contributed by atoms with Gasteiger partial charge in [0, 0.05) is 25.1 Å². The molecule has 2 aliphatic rings. The van der Waals surface area contributed by atoms with E-state index in [2.05, 4.69) is 5.32 Å². The molecule has 0 bridgehead atoms. The first kappa shape index (κ1) is 13.8. The number of primary amides is 1. The van der Waals surface area contributed by atoms with Crippen LogP contribution in [0.3, 0.4) is 0 Å². The van der Waals surface area contributed by atoms with Gasteiger partial charge in [-0.05, 0) is 32.6 Å². The van der Waals surface area contributed by atoms with E-state index in [1.54, 1.807) is 0 Å². The van der Waals surface area contributed by atoms with Crippen LogP contribution in [0.25, 0.3) is 0 Å². The van der Waals surface area contributed by atoms with E-state index in [0.717, 1.165) is 19.4 Å². The van der Waals surface area contributed by atoms with Gasteiger partial charge >= 0.3 is 0 Å². The molecule has 0 aromatic carbocycles. The van der Waals surface area contributed by atoms with Gasteiger partial charge in [-0.25, -0.2) is 0 Å². The van der Waals surface area contributed by atoms with Gasteiger partial charge in [0.15, 0.2) is 0 Å². The van der Waals surface area contributed by atoms with E-state index in [9.17, 15) is 4.79 Å². The molecular formula is C14H26N2O2. The van der Waals surface area contributed by atoms with E-state index >= 15 is 0 Å². The fourth-order valence-corrected chi connectivity index (χ4v) is 3.48. The molecule has 3 N–H and O–H groups in total. The summed E-state index contributed by atoms with van der Waals surface area (Å²) in [5.41, 5.74) is 5.36. The highest BCUT2D eigenvalue weighted by Crippen LogP contribution is 2.38. The molecule has 1 amide bonds. The maximum absolute atomic E-state index is 10.9. The van der Waals surface area contributed by atoms with Gasteiger partial charge in [0.05, 0.1) is 5.60 Å². The number of ether oxygens (including phenoxy) is 1. The molecule has 0 aromatic heterocycles. The van der Waals surface area contributed by atoms with Crippen LogP contribution >= 0.6 is 0 Å². The van der Waals surface area contributed by atoms with Crippen LogP contribution in [0, 0.1) is 0 Å². The Kier molecular flexibility index (Phi) is 4.62. The van der Waals surface area contributed by atoms with E-state index < -0.39 is 0 Å². The lowest BCUT2D eigenvalue weighted by Crippen LogP contribution is -2.50. The maximum atomic E-state index is 10.9. The van der Waals surface area contributed by atoms with Crippen LogP contribution in [0.1, 0.15) is 58.3 Å². The summed E-state index contributed by atoms with van der Waals surface area (Å²) in [5.74, 6) is -0.227. The third-order valence-electron chi connectivity index (χ3n) is 4.29. The minimum Gasteiger partial charge on any atom is -0.375 e. The average molecular weight is 254 g/mol. The zero-order valence-corrected chi connectivity index (χ0v) is 11.4. The zero-order chi connectivity index (χ0) is 13.0. The number of hydrogen-bond donors (Lipinski definition) is 2. The van der Waals surface area contributed by atoms with Crippen LogP contribution in [-0.4, -0.2) is 30.2 Å². The largest absolute Gasteiger partial charge is 0.375 e. The van der Waals surface area contributed by atoms with Crippen molar-refractivity contribution in [3.8, 4) is 0 Å². The van der Waals surface area contributed by atoms with Crippen molar-refractivity contribution in [1.29, 1.82) is 0 Å². The standard InChI is InChI=1S/C14H26N2O2/c1-11(9-13(15)17)16-12-5-8-18-14(10-12)6-3-2-4-7-14/h11-12,16H,2-10H2,1H3,(H2,15,17). The normalized spacial score (nSPS) is 29.1. The topological polar surface area (TPSA) is 64.4 Å². The summed E-state index contributed by atoms with van der Waals surface area (Å²) in [6.45, 7) is 2.88. The predicted octanol–water partition coefficient (Wildman–Crippen LogP) is 1.72. The Morgan fingerprint density at radius 1 is 1.44 bits per heavy atom. The summed E-state index contributed by atoms with van der Waals surface area (Å²) in [6.07, 6.45) is 8.91. The van der Waals surface area contributed by atoms with Crippen LogP contribution in [0.2, 0.25) is 0 Å². The van der Waals surface area contributed by atoms with Crippen LogP contribution in [0.4, 0.5) is 0 Å². The lowest BCUT2D eigenvalue weighted by Gasteiger charge is -2.44. The van der Waals surface area contributed by atoms with Gasteiger partial charge in [-0.15, -0.1) is 0 Å². The summed E-state index contributed by atoms with van der Waals surface area (Å²) in [5, 5.41) is 3.54. The third-order valence-corrected chi connectivity index (χ3v) is 4.29. The number of amides is 1. The number of carbonyl (C=O) groups excluding carboxylic acids is 1. The molecule has 0 radical (unpaired) electrons. The highest BCUT2D eigenvalue weighted by molar-refractivity contribution is 5.74. The van der Waals surface area contributed by atoms with E-state index in [0.29, 0.717) is 12.5 Å². The van der Waals surface area contributed by atoms with Crippen molar-refractivity contribution < 1.29 is 9.53 Å². The van der Waals surface area contributed by atoms with Crippen LogP contribution < -0.4 is 11.1 Å². The highest BCUT2D eigenvalue weighted by atomic mass is 16.5. The molecule has 2 unspecified atom stereocenters. The van der Waals surface area contributed by atoms with E-state index in [-0.39, 0.29) is 17.6 Å². The number of hydrogen-bond acceptors (Lipinski definition) is 3. The summed E-state index contributed by atoms with van der Waals surface area (Å²) in [4.78, 5) is 10.9. The minimum atomic E-state index is -0.227. The average Bonchev–Trinajstić information content (AvgIpc) is 2.28. The van der Waals surface area contributed by atoms with Gasteiger partial charge in [-0.2, -0.15) is 0 Å². The fourth-order valence-electron chi connectivity index (χ4n) is 3.48. The van der Waals surface area contributed by atoms with Crippen molar-refractivity contribution in [1.82, 2.24) is 5.32 Å². The Morgan fingerprint density at radius 3 is 2.83 bits per heavy atom. The molecule has 0 aromatic rings. The molecule has 18 heavy (non-hydrogen) atoms. The van der Waals surface area contributed by atoms with Crippen molar-refractivity contribution in [2.75, 3.05) is 6.61 Å². The van der Waals surface area contributed by atoms with Gasteiger partial charge in [0.25, 0.3) is 0 Å². The number of nitrogens with two attached hydrogens (primary N) is 1. The molecule has 2 fully saturated rings. The van der Waals surface area contributed by atoms with Gasteiger partial charge in [0.1, 0.15) is 0 Å². The van der Waals surface area contributed by atoms with Crippen LogP contribution in [0.5, 0.6) is 0 Å². The highest BCUT2D eigenvalue weighted by Gasteiger charge is 2.38. The molecule has 104 valence electrons. The second kappa shape index (κ2) is 6.02.